The number of nitrogens with one attached hydrogen (secondary N) is 1. The Morgan fingerprint density at radius 1 is 1.09 bits per heavy atom. The van der Waals surface area contributed by atoms with E-state index in [4.69, 9.17) is 9.47 Å². The van der Waals surface area contributed by atoms with Crippen LogP contribution in [0.15, 0.2) is 54.7 Å². The van der Waals surface area contributed by atoms with Crippen molar-refractivity contribution in [2.24, 2.45) is 5.41 Å². The van der Waals surface area contributed by atoms with Crippen molar-refractivity contribution in [3.05, 3.63) is 77.1 Å². The van der Waals surface area contributed by atoms with Crippen LogP contribution in [0.5, 0.6) is 11.5 Å². The summed E-state index contributed by atoms with van der Waals surface area (Å²) in [6.07, 6.45) is 4.03. The second kappa shape index (κ2) is 9.07. The molecular weight excluding hydrogens is 402 g/mol. The maximum atomic E-state index is 12.9. The molecule has 1 atom stereocenters. The van der Waals surface area contributed by atoms with E-state index >= 15 is 0 Å². The van der Waals surface area contributed by atoms with Crippen molar-refractivity contribution >= 4 is 5.91 Å². The van der Waals surface area contributed by atoms with Crippen molar-refractivity contribution < 1.29 is 14.3 Å². The third-order valence-corrected chi connectivity index (χ3v) is 6.08. The smallest absolute Gasteiger partial charge is 0.224 e. The molecule has 0 saturated heterocycles. The summed E-state index contributed by atoms with van der Waals surface area (Å²) >= 11 is 0. The number of ether oxygens (including phenoxy) is 2. The standard InChI is InChI=1S/C26H31N3O3/c1-26(2)14-21(28-25(30)13-19-10-11-23(31-3)24(12-19)32-4)20-16-27-29(22(20)15-26)17-18-8-6-5-7-9-18/h5-12,16,21H,13-15,17H2,1-4H3,(H,28,30). The zero-order valence-corrected chi connectivity index (χ0v) is 19.2. The summed E-state index contributed by atoms with van der Waals surface area (Å²) < 4.78 is 12.7. The predicted octanol–water partition coefficient (Wildman–Crippen LogP) is 4.32. The minimum absolute atomic E-state index is 0.0123. The molecule has 0 aliphatic heterocycles. The maximum Gasteiger partial charge on any atom is 0.224 e. The molecule has 2 aromatic carbocycles. The average molecular weight is 434 g/mol. The number of rotatable bonds is 7. The van der Waals surface area contributed by atoms with Crippen molar-refractivity contribution in [1.29, 1.82) is 0 Å². The minimum Gasteiger partial charge on any atom is -0.493 e. The second-order valence-electron chi connectivity index (χ2n) is 9.22. The van der Waals surface area contributed by atoms with Gasteiger partial charge in [-0.15, -0.1) is 0 Å². The van der Waals surface area contributed by atoms with Crippen molar-refractivity contribution in [3.8, 4) is 11.5 Å². The van der Waals surface area contributed by atoms with E-state index in [0.717, 1.165) is 30.5 Å². The molecular formula is C26H31N3O3. The fourth-order valence-electron chi connectivity index (χ4n) is 4.54. The van der Waals surface area contributed by atoms with E-state index in [2.05, 4.69) is 41.1 Å². The van der Waals surface area contributed by atoms with Gasteiger partial charge in [0.1, 0.15) is 0 Å². The first-order valence-electron chi connectivity index (χ1n) is 11.0. The number of fused-ring (bicyclic) bond motifs is 1. The van der Waals surface area contributed by atoms with Gasteiger partial charge in [0, 0.05) is 11.3 Å². The molecule has 168 valence electrons. The number of benzene rings is 2. The van der Waals surface area contributed by atoms with Crippen molar-refractivity contribution in [2.45, 2.75) is 45.7 Å². The third-order valence-electron chi connectivity index (χ3n) is 6.08. The van der Waals surface area contributed by atoms with Crippen LogP contribution in [0.2, 0.25) is 0 Å². The minimum atomic E-state index is -0.0501. The number of hydrogen-bond donors (Lipinski definition) is 1. The van der Waals surface area contributed by atoms with Crippen LogP contribution in [0.3, 0.4) is 0 Å². The first-order valence-corrected chi connectivity index (χ1v) is 11.0. The summed E-state index contributed by atoms with van der Waals surface area (Å²) in [5, 5.41) is 7.93. The molecule has 32 heavy (non-hydrogen) atoms. The number of carbonyl (C=O) groups excluding carboxylic acids is 1. The summed E-state index contributed by atoms with van der Waals surface area (Å²) in [6.45, 7) is 5.24. The SMILES string of the molecule is COc1ccc(CC(=O)NC2CC(C)(C)Cc3c2cnn3Cc2ccccc2)cc1OC. The lowest BCUT2D eigenvalue weighted by atomic mass is 9.74. The van der Waals surface area contributed by atoms with Crippen LogP contribution in [0.1, 0.15) is 48.7 Å². The highest BCUT2D eigenvalue weighted by Crippen LogP contribution is 2.41. The van der Waals surface area contributed by atoms with Gasteiger partial charge >= 0.3 is 0 Å². The van der Waals surface area contributed by atoms with Gasteiger partial charge in [-0.05, 0) is 41.5 Å². The van der Waals surface area contributed by atoms with Gasteiger partial charge in [0.25, 0.3) is 0 Å². The molecule has 0 saturated carbocycles. The fraction of sp³-hybridized carbons (Fsp3) is 0.385. The Balaban J connectivity index is 1.51. The Hall–Kier alpha value is -3.28. The highest BCUT2D eigenvalue weighted by atomic mass is 16.5. The topological polar surface area (TPSA) is 65.4 Å². The van der Waals surface area contributed by atoms with Gasteiger partial charge in [-0.2, -0.15) is 5.10 Å². The molecule has 1 N–H and O–H groups in total. The van der Waals surface area contributed by atoms with Crippen LogP contribution < -0.4 is 14.8 Å². The Bertz CT molecular complexity index is 1090. The third kappa shape index (κ3) is 4.79. The molecule has 1 aliphatic carbocycles. The number of nitrogens with zero attached hydrogens (tertiary/aromatic N) is 2. The summed E-state index contributed by atoms with van der Waals surface area (Å²) in [5.74, 6) is 1.27. The number of carbonyl (C=O) groups is 1. The quantitative estimate of drug-likeness (QED) is 0.603. The largest absolute Gasteiger partial charge is 0.493 e. The van der Waals surface area contributed by atoms with Crippen LogP contribution in [0, 0.1) is 5.41 Å². The van der Waals surface area contributed by atoms with Crippen molar-refractivity contribution in [3.63, 3.8) is 0 Å². The van der Waals surface area contributed by atoms with Crippen LogP contribution in [-0.4, -0.2) is 29.9 Å². The molecule has 1 heterocycles. The van der Waals surface area contributed by atoms with Crippen LogP contribution in [0.25, 0.3) is 0 Å². The molecule has 0 bridgehead atoms. The van der Waals surface area contributed by atoms with Crippen LogP contribution >= 0.6 is 0 Å². The second-order valence-corrected chi connectivity index (χ2v) is 9.22. The van der Waals surface area contributed by atoms with E-state index in [0.29, 0.717) is 11.5 Å². The van der Waals surface area contributed by atoms with Crippen molar-refractivity contribution in [1.82, 2.24) is 15.1 Å². The Morgan fingerprint density at radius 3 is 2.56 bits per heavy atom. The molecule has 4 rings (SSSR count). The molecule has 6 nitrogen and oxygen atoms in total. The molecule has 3 aromatic rings. The Kier molecular flexibility index (Phi) is 6.21. The van der Waals surface area contributed by atoms with Gasteiger partial charge in [0.2, 0.25) is 5.91 Å². The molecule has 6 heteroatoms. The van der Waals surface area contributed by atoms with Crippen LogP contribution in [-0.2, 0) is 24.2 Å². The lowest BCUT2D eigenvalue weighted by Gasteiger charge is -2.36. The Morgan fingerprint density at radius 2 is 1.84 bits per heavy atom. The normalized spacial score (nSPS) is 16.8. The summed E-state index contributed by atoms with van der Waals surface area (Å²) in [7, 11) is 3.20. The van der Waals surface area contributed by atoms with E-state index < -0.39 is 0 Å². The van der Waals surface area contributed by atoms with Gasteiger partial charge in [-0.25, -0.2) is 0 Å². The lowest BCUT2D eigenvalue weighted by Crippen LogP contribution is -2.37. The highest BCUT2D eigenvalue weighted by Gasteiger charge is 2.35. The van der Waals surface area contributed by atoms with Crippen LogP contribution in [0.4, 0.5) is 0 Å². The maximum absolute atomic E-state index is 12.9. The summed E-state index contributed by atoms with van der Waals surface area (Å²) in [5.41, 5.74) is 4.51. The lowest BCUT2D eigenvalue weighted by molar-refractivity contribution is -0.121. The first-order chi connectivity index (χ1) is 15.4. The molecule has 1 aliphatic rings. The molecule has 0 radical (unpaired) electrons. The first kappa shape index (κ1) is 21.9. The molecule has 0 spiro atoms. The molecule has 1 aromatic heterocycles. The van der Waals surface area contributed by atoms with Gasteiger partial charge < -0.3 is 14.8 Å². The Labute approximate surface area is 189 Å². The number of amides is 1. The van der Waals surface area contributed by atoms with E-state index in [1.54, 1.807) is 14.2 Å². The monoisotopic (exact) mass is 433 g/mol. The van der Waals surface area contributed by atoms with E-state index in [-0.39, 0.29) is 23.8 Å². The highest BCUT2D eigenvalue weighted by molar-refractivity contribution is 5.79. The number of hydrogen-bond acceptors (Lipinski definition) is 4. The number of aromatic nitrogens is 2. The summed E-state index contributed by atoms with van der Waals surface area (Å²) in [4.78, 5) is 12.9. The molecule has 1 amide bonds. The molecule has 1 unspecified atom stereocenters. The zero-order chi connectivity index (χ0) is 22.7. The van der Waals surface area contributed by atoms with Gasteiger partial charge in [-0.3, -0.25) is 9.48 Å². The number of methoxy groups -OCH3 is 2. The van der Waals surface area contributed by atoms with E-state index in [9.17, 15) is 4.79 Å². The van der Waals surface area contributed by atoms with E-state index in [1.165, 1.54) is 11.3 Å². The van der Waals surface area contributed by atoms with Gasteiger partial charge in [-0.1, -0.05) is 50.2 Å². The van der Waals surface area contributed by atoms with Gasteiger partial charge in [0.05, 0.1) is 39.4 Å². The van der Waals surface area contributed by atoms with E-state index in [1.807, 2.05) is 42.6 Å². The summed E-state index contributed by atoms with van der Waals surface area (Å²) in [6, 6.07) is 15.9. The fourth-order valence-corrected chi connectivity index (χ4v) is 4.54. The predicted molar refractivity (Wildman–Crippen MR) is 124 cm³/mol. The zero-order valence-electron chi connectivity index (χ0n) is 19.2. The van der Waals surface area contributed by atoms with Crippen molar-refractivity contribution in [2.75, 3.05) is 14.2 Å². The average Bonchev–Trinajstić information content (AvgIpc) is 3.15. The van der Waals surface area contributed by atoms with Gasteiger partial charge in [0.15, 0.2) is 11.5 Å². The molecule has 0 fully saturated rings.